The molecule has 2 aromatic rings. The second-order valence-electron chi connectivity index (χ2n) is 7.49. The Morgan fingerprint density at radius 1 is 0.929 bits per heavy atom. The van der Waals surface area contributed by atoms with Gasteiger partial charge >= 0.3 is 0 Å². The highest BCUT2D eigenvalue weighted by Gasteiger charge is 2.19. The predicted molar refractivity (Wildman–Crippen MR) is 117 cm³/mol. The Morgan fingerprint density at radius 3 is 2.54 bits per heavy atom. The lowest BCUT2D eigenvalue weighted by atomic mass is 10.1. The molecular weight excluding hydrogens is 372 g/mol. The maximum atomic E-state index is 5.99. The molecule has 2 aromatic carbocycles. The quantitative estimate of drug-likeness (QED) is 0.648. The Hall–Kier alpha value is -1.91. The molecule has 5 heteroatoms. The zero-order chi connectivity index (χ0) is 18.5. The van der Waals surface area contributed by atoms with Crippen LogP contribution in [0.15, 0.2) is 42.5 Å². The van der Waals surface area contributed by atoms with Gasteiger partial charge in [0.2, 0.25) is 0 Å². The molecular formula is C23H31ClN2O2. The molecule has 0 aromatic heterocycles. The van der Waals surface area contributed by atoms with Crippen molar-refractivity contribution in [1.82, 2.24) is 4.90 Å². The van der Waals surface area contributed by atoms with Crippen LogP contribution >= 0.6 is 12.4 Å². The number of nitrogens with zero attached hydrogens (tertiary/aromatic N) is 2. The molecule has 2 aliphatic rings. The maximum absolute atomic E-state index is 5.99. The van der Waals surface area contributed by atoms with Crippen molar-refractivity contribution in [2.24, 2.45) is 0 Å². The molecule has 28 heavy (non-hydrogen) atoms. The lowest BCUT2D eigenvalue weighted by molar-refractivity contribution is 0.224. The summed E-state index contributed by atoms with van der Waals surface area (Å²) in [6.07, 6.45) is 4.81. The summed E-state index contributed by atoms with van der Waals surface area (Å²) in [6, 6.07) is 14.9. The number of piperazine rings is 1. The van der Waals surface area contributed by atoms with E-state index in [2.05, 4.69) is 40.1 Å². The van der Waals surface area contributed by atoms with Crippen LogP contribution in [0.25, 0.3) is 0 Å². The number of ether oxygens (including phenoxy) is 2. The van der Waals surface area contributed by atoms with Crippen molar-refractivity contribution in [1.29, 1.82) is 0 Å². The molecule has 0 unspecified atom stereocenters. The maximum Gasteiger partial charge on any atom is 0.142 e. The van der Waals surface area contributed by atoms with Gasteiger partial charge in [-0.05, 0) is 61.1 Å². The summed E-state index contributed by atoms with van der Waals surface area (Å²) in [5.74, 6) is 2.00. The number of fused-ring (bicyclic) bond motifs is 1. The van der Waals surface area contributed by atoms with Crippen molar-refractivity contribution in [2.45, 2.75) is 25.7 Å². The third-order valence-electron chi connectivity index (χ3n) is 5.76. The summed E-state index contributed by atoms with van der Waals surface area (Å²) in [4.78, 5) is 4.97. The van der Waals surface area contributed by atoms with Crippen LogP contribution in [0.4, 0.5) is 5.69 Å². The molecule has 0 radical (unpaired) electrons. The van der Waals surface area contributed by atoms with Crippen LogP contribution in [-0.2, 0) is 12.8 Å². The van der Waals surface area contributed by atoms with Crippen LogP contribution in [0.1, 0.15) is 24.0 Å². The van der Waals surface area contributed by atoms with Crippen LogP contribution in [0.3, 0.4) is 0 Å². The molecule has 1 aliphatic heterocycles. The molecule has 4 rings (SSSR count). The van der Waals surface area contributed by atoms with Gasteiger partial charge in [-0.25, -0.2) is 0 Å². The monoisotopic (exact) mass is 402 g/mol. The van der Waals surface area contributed by atoms with Crippen molar-refractivity contribution in [2.75, 3.05) is 51.3 Å². The van der Waals surface area contributed by atoms with Gasteiger partial charge in [-0.3, -0.25) is 4.90 Å². The fraction of sp³-hybridized carbons (Fsp3) is 0.478. The normalized spacial score (nSPS) is 16.4. The van der Waals surface area contributed by atoms with E-state index in [1.54, 1.807) is 7.11 Å². The van der Waals surface area contributed by atoms with E-state index >= 15 is 0 Å². The second kappa shape index (κ2) is 10.0. The van der Waals surface area contributed by atoms with Crippen LogP contribution in [-0.4, -0.2) is 51.3 Å². The Labute approximate surface area is 174 Å². The standard InChI is InChI=1S/C23H30N2O2.ClH/c1-26-23-9-3-2-8-22(23)25-15-13-24(14-16-25)12-5-17-27-21-11-10-19-6-4-7-20(19)18-21;/h2-3,8-11,18H,4-7,12-17H2,1H3;1H. The molecule has 0 spiro atoms. The smallest absolute Gasteiger partial charge is 0.142 e. The molecule has 0 N–H and O–H groups in total. The van der Waals surface area contributed by atoms with E-state index in [4.69, 9.17) is 9.47 Å². The largest absolute Gasteiger partial charge is 0.495 e. The van der Waals surface area contributed by atoms with Gasteiger partial charge in [0, 0.05) is 32.7 Å². The van der Waals surface area contributed by atoms with Gasteiger partial charge in [0.25, 0.3) is 0 Å². The fourth-order valence-electron chi connectivity index (χ4n) is 4.22. The van der Waals surface area contributed by atoms with E-state index in [9.17, 15) is 0 Å². The van der Waals surface area contributed by atoms with Gasteiger partial charge < -0.3 is 14.4 Å². The highest BCUT2D eigenvalue weighted by molar-refractivity contribution is 5.85. The average Bonchev–Trinajstić information content (AvgIpc) is 3.19. The Kier molecular flexibility index (Phi) is 7.46. The number of hydrogen-bond acceptors (Lipinski definition) is 4. The van der Waals surface area contributed by atoms with Gasteiger partial charge in [0.15, 0.2) is 0 Å². The summed E-state index contributed by atoms with van der Waals surface area (Å²) < 4.78 is 11.5. The zero-order valence-electron chi connectivity index (χ0n) is 16.7. The minimum absolute atomic E-state index is 0. The van der Waals surface area contributed by atoms with E-state index < -0.39 is 0 Å². The van der Waals surface area contributed by atoms with Crippen molar-refractivity contribution >= 4 is 18.1 Å². The average molecular weight is 403 g/mol. The number of halogens is 1. The Balaban J connectivity index is 0.00000225. The first-order chi connectivity index (χ1) is 13.3. The van der Waals surface area contributed by atoms with E-state index in [1.165, 1.54) is 36.1 Å². The first-order valence-electron chi connectivity index (χ1n) is 10.2. The highest BCUT2D eigenvalue weighted by Crippen LogP contribution is 2.28. The Morgan fingerprint density at radius 2 is 1.71 bits per heavy atom. The number of aryl methyl sites for hydroxylation is 2. The van der Waals surface area contributed by atoms with Crippen molar-refractivity contribution in [3.05, 3.63) is 53.6 Å². The van der Waals surface area contributed by atoms with Gasteiger partial charge in [-0.1, -0.05) is 18.2 Å². The minimum atomic E-state index is 0. The summed E-state index contributed by atoms with van der Waals surface area (Å²) in [5, 5.41) is 0. The number of methoxy groups -OCH3 is 1. The van der Waals surface area contributed by atoms with Crippen molar-refractivity contribution in [3.63, 3.8) is 0 Å². The number of rotatable bonds is 7. The van der Waals surface area contributed by atoms with E-state index in [1.807, 2.05) is 12.1 Å². The van der Waals surface area contributed by atoms with Crippen LogP contribution < -0.4 is 14.4 Å². The van der Waals surface area contributed by atoms with Gasteiger partial charge in [0.1, 0.15) is 11.5 Å². The van der Waals surface area contributed by atoms with Crippen LogP contribution in [0.2, 0.25) is 0 Å². The lowest BCUT2D eigenvalue weighted by Gasteiger charge is -2.36. The molecule has 0 bridgehead atoms. The Bertz CT molecular complexity index is 760. The highest BCUT2D eigenvalue weighted by atomic mass is 35.5. The third-order valence-corrected chi connectivity index (χ3v) is 5.76. The topological polar surface area (TPSA) is 24.9 Å². The number of hydrogen-bond donors (Lipinski definition) is 0. The van der Waals surface area contributed by atoms with E-state index in [0.717, 1.165) is 57.3 Å². The molecule has 1 aliphatic carbocycles. The molecule has 152 valence electrons. The van der Waals surface area contributed by atoms with Crippen LogP contribution in [0, 0.1) is 0 Å². The fourth-order valence-corrected chi connectivity index (χ4v) is 4.22. The number of anilines is 1. The summed E-state index contributed by atoms with van der Waals surface area (Å²) in [7, 11) is 1.75. The lowest BCUT2D eigenvalue weighted by Crippen LogP contribution is -2.46. The van der Waals surface area contributed by atoms with Gasteiger partial charge in [0.05, 0.1) is 19.4 Å². The summed E-state index contributed by atoms with van der Waals surface area (Å²) in [5.41, 5.74) is 4.20. The molecule has 0 amide bonds. The number of para-hydroxylation sites is 2. The van der Waals surface area contributed by atoms with Crippen LogP contribution in [0.5, 0.6) is 11.5 Å². The zero-order valence-corrected chi connectivity index (χ0v) is 17.5. The van der Waals surface area contributed by atoms with E-state index in [-0.39, 0.29) is 12.4 Å². The molecule has 1 saturated heterocycles. The summed E-state index contributed by atoms with van der Waals surface area (Å²) >= 11 is 0. The molecule has 1 heterocycles. The van der Waals surface area contributed by atoms with Gasteiger partial charge in [-0.2, -0.15) is 0 Å². The molecule has 4 nitrogen and oxygen atoms in total. The first kappa shape index (κ1) is 20.8. The van der Waals surface area contributed by atoms with E-state index in [0.29, 0.717) is 0 Å². The second-order valence-corrected chi connectivity index (χ2v) is 7.49. The minimum Gasteiger partial charge on any atom is -0.495 e. The molecule has 0 atom stereocenters. The third kappa shape index (κ3) is 4.92. The first-order valence-corrected chi connectivity index (χ1v) is 10.2. The van der Waals surface area contributed by atoms with Gasteiger partial charge in [-0.15, -0.1) is 12.4 Å². The van der Waals surface area contributed by atoms with Crippen molar-refractivity contribution < 1.29 is 9.47 Å². The van der Waals surface area contributed by atoms with Crippen molar-refractivity contribution in [3.8, 4) is 11.5 Å². The predicted octanol–water partition coefficient (Wildman–Crippen LogP) is 4.20. The summed E-state index contributed by atoms with van der Waals surface area (Å²) in [6.45, 7) is 6.18. The number of benzene rings is 2. The molecule has 0 saturated carbocycles. The SMILES string of the molecule is COc1ccccc1N1CCN(CCCOc2ccc3c(c2)CCC3)CC1.Cl. The molecule has 1 fully saturated rings.